The molecule has 3 aromatic carbocycles. The van der Waals surface area contributed by atoms with E-state index in [1.54, 1.807) is 24.3 Å². The monoisotopic (exact) mass is 452 g/mol. The van der Waals surface area contributed by atoms with Crippen LogP contribution in [-0.4, -0.2) is 10.2 Å². The quantitative estimate of drug-likeness (QED) is 0.198. The highest BCUT2D eigenvalue weighted by atomic mass is 16.3. The van der Waals surface area contributed by atoms with Crippen molar-refractivity contribution in [3.05, 3.63) is 102 Å². The number of rotatable bonds is 5. The average molecular weight is 453 g/mol. The molecular weight excluding hydrogens is 420 g/mol. The van der Waals surface area contributed by atoms with E-state index in [2.05, 4.69) is 33.9 Å². The van der Waals surface area contributed by atoms with Gasteiger partial charge in [-0.2, -0.15) is 0 Å². The van der Waals surface area contributed by atoms with Gasteiger partial charge in [-0.1, -0.05) is 82.5 Å². The number of allylic oxidation sites excluding steroid dienone is 4. The highest BCUT2D eigenvalue weighted by Gasteiger charge is 2.48. The van der Waals surface area contributed by atoms with Crippen LogP contribution in [0.2, 0.25) is 0 Å². The predicted molar refractivity (Wildman–Crippen MR) is 143 cm³/mol. The lowest BCUT2D eigenvalue weighted by Gasteiger charge is -2.29. The maximum absolute atomic E-state index is 10.9. The van der Waals surface area contributed by atoms with Gasteiger partial charge in [0.2, 0.25) is 0 Å². The summed E-state index contributed by atoms with van der Waals surface area (Å²) in [5, 5.41) is 21.6. The fourth-order valence-electron chi connectivity index (χ4n) is 5.64. The molecule has 0 aromatic heterocycles. The molecule has 174 valence electrons. The number of fused-ring (bicyclic) bond motifs is 1. The van der Waals surface area contributed by atoms with E-state index in [1.165, 1.54) is 0 Å². The van der Waals surface area contributed by atoms with E-state index >= 15 is 0 Å². The van der Waals surface area contributed by atoms with Crippen LogP contribution < -0.4 is 11.5 Å². The number of phenols is 2. The average Bonchev–Trinajstić information content (AvgIpc) is 3.01. The van der Waals surface area contributed by atoms with Crippen LogP contribution in [0, 0.1) is 0 Å². The number of phenolic OH excluding ortho intramolecular Hbond substituents is 2. The Kier molecular flexibility index (Phi) is 5.56. The largest absolute Gasteiger partial charge is 0.506 e. The van der Waals surface area contributed by atoms with E-state index in [0.717, 1.165) is 39.8 Å². The lowest BCUT2D eigenvalue weighted by atomic mass is 9.74. The molecule has 0 saturated carbocycles. The molecule has 4 nitrogen and oxygen atoms in total. The molecule has 1 atom stereocenters. The van der Waals surface area contributed by atoms with Gasteiger partial charge in [0.05, 0.1) is 11.4 Å². The third-order valence-electron chi connectivity index (χ3n) is 7.08. The second-order valence-corrected chi connectivity index (χ2v) is 9.89. The molecule has 0 radical (unpaired) electrons. The van der Waals surface area contributed by atoms with Gasteiger partial charge >= 0.3 is 0 Å². The molecule has 1 aliphatic carbocycles. The molecule has 0 bridgehead atoms. The molecular formula is C30H32N2O2. The fourth-order valence-corrected chi connectivity index (χ4v) is 5.64. The molecule has 1 aliphatic rings. The summed E-state index contributed by atoms with van der Waals surface area (Å²) in [6, 6.07) is 15.5. The third-order valence-corrected chi connectivity index (χ3v) is 7.08. The van der Waals surface area contributed by atoms with E-state index in [-0.39, 0.29) is 16.9 Å². The summed E-state index contributed by atoms with van der Waals surface area (Å²) >= 11 is 0. The number of benzene rings is 3. The van der Waals surface area contributed by atoms with Crippen LogP contribution in [0.25, 0.3) is 16.7 Å². The van der Waals surface area contributed by atoms with Gasteiger partial charge in [0.25, 0.3) is 0 Å². The Bertz CT molecular complexity index is 1340. The Labute approximate surface area is 201 Å². The number of hydrogen-bond acceptors (Lipinski definition) is 4. The third kappa shape index (κ3) is 3.47. The Morgan fingerprint density at radius 2 is 1.68 bits per heavy atom. The zero-order chi connectivity index (χ0) is 24.8. The summed E-state index contributed by atoms with van der Waals surface area (Å²) in [6.45, 7) is 14.2. The lowest BCUT2D eigenvalue weighted by Crippen LogP contribution is -2.24. The van der Waals surface area contributed by atoms with Crippen LogP contribution in [-0.2, 0) is 10.8 Å². The summed E-state index contributed by atoms with van der Waals surface area (Å²) < 4.78 is 0. The minimum absolute atomic E-state index is 0.0166. The van der Waals surface area contributed by atoms with Crippen molar-refractivity contribution in [1.82, 2.24) is 0 Å². The van der Waals surface area contributed by atoms with Crippen molar-refractivity contribution < 1.29 is 10.2 Å². The number of aromatic hydroxyl groups is 2. The van der Waals surface area contributed by atoms with Gasteiger partial charge < -0.3 is 21.7 Å². The molecule has 0 spiro atoms. The molecule has 0 heterocycles. The predicted octanol–water partition coefficient (Wildman–Crippen LogP) is 6.67. The summed E-state index contributed by atoms with van der Waals surface area (Å²) in [4.78, 5) is 0. The minimum atomic E-state index is -0.482. The van der Waals surface area contributed by atoms with Gasteiger partial charge in [-0.15, -0.1) is 0 Å². The first-order valence-electron chi connectivity index (χ1n) is 11.4. The smallest absolute Gasteiger partial charge is 0.146 e. The second kappa shape index (κ2) is 8.14. The van der Waals surface area contributed by atoms with Crippen LogP contribution in [0.5, 0.6) is 11.5 Å². The Morgan fingerprint density at radius 1 is 1.00 bits per heavy atom. The van der Waals surface area contributed by atoms with Gasteiger partial charge in [0.1, 0.15) is 11.5 Å². The van der Waals surface area contributed by atoms with E-state index < -0.39 is 5.41 Å². The maximum atomic E-state index is 10.9. The Morgan fingerprint density at radius 3 is 2.29 bits per heavy atom. The van der Waals surface area contributed by atoms with Crippen LogP contribution in [0.15, 0.2) is 79.9 Å². The van der Waals surface area contributed by atoms with Crippen molar-refractivity contribution >= 4 is 16.9 Å². The molecule has 34 heavy (non-hydrogen) atoms. The molecule has 0 aliphatic heterocycles. The number of hydrogen-bond donors (Lipinski definition) is 4. The molecule has 6 N–H and O–H groups in total. The maximum Gasteiger partial charge on any atom is 0.146 e. The van der Waals surface area contributed by atoms with Crippen molar-refractivity contribution in [3.63, 3.8) is 0 Å². The summed E-state index contributed by atoms with van der Waals surface area (Å²) in [5.74, 6) is 0.0785. The van der Waals surface area contributed by atoms with Crippen molar-refractivity contribution in [2.45, 2.75) is 38.0 Å². The van der Waals surface area contributed by atoms with E-state index in [1.807, 2.05) is 42.5 Å². The van der Waals surface area contributed by atoms with Gasteiger partial charge in [-0.3, -0.25) is 0 Å². The van der Waals surface area contributed by atoms with Gasteiger partial charge in [-0.25, -0.2) is 0 Å². The standard InChI is InChI=1S/C30H32N2O2/c1-6-11-18(7-2)21-14-20(15-23(31)28(21)34)30(5)17-29(3,4)26-22(30)16-24(33)27(32)25(26)19-12-9-8-10-13-19/h6-16,33-34H,1-2,17,31-32H2,3-5H3/b18-11+. The van der Waals surface area contributed by atoms with Crippen molar-refractivity contribution in [2.75, 3.05) is 11.5 Å². The van der Waals surface area contributed by atoms with Gasteiger partial charge in [-0.05, 0) is 57.9 Å². The highest BCUT2D eigenvalue weighted by molar-refractivity contribution is 5.88. The molecule has 1 unspecified atom stereocenters. The molecule has 0 amide bonds. The van der Waals surface area contributed by atoms with Gasteiger partial charge in [0.15, 0.2) is 0 Å². The Balaban J connectivity index is 2.05. The topological polar surface area (TPSA) is 92.5 Å². The van der Waals surface area contributed by atoms with Crippen LogP contribution in [0.4, 0.5) is 11.4 Å². The van der Waals surface area contributed by atoms with Crippen molar-refractivity contribution in [1.29, 1.82) is 0 Å². The number of anilines is 2. The van der Waals surface area contributed by atoms with Crippen LogP contribution in [0.1, 0.15) is 49.4 Å². The normalized spacial score (nSPS) is 19.0. The first kappa shape index (κ1) is 23.2. The molecule has 3 aromatic rings. The van der Waals surface area contributed by atoms with Crippen molar-refractivity contribution in [3.8, 4) is 22.6 Å². The second-order valence-electron chi connectivity index (χ2n) is 9.89. The first-order valence-corrected chi connectivity index (χ1v) is 11.4. The zero-order valence-electron chi connectivity index (χ0n) is 20.0. The number of nitrogens with two attached hydrogens (primary N) is 2. The first-order chi connectivity index (χ1) is 16.0. The van der Waals surface area contributed by atoms with E-state index in [4.69, 9.17) is 11.5 Å². The van der Waals surface area contributed by atoms with Gasteiger partial charge in [0, 0.05) is 16.5 Å². The molecule has 0 fully saturated rings. The van der Waals surface area contributed by atoms with Crippen LogP contribution in [0.3, 0.4) is 0 Å². The summed E-state index contributed by atoms with van der Waals surface area (Å²) in [5.41, 5.74) is 19.0. The SMILES string of the molecule is C=C/C=C(\C=C)c1cc(C2(C)CC(C)(C)c3c2cc(O)c(N)c3-c2ccccc2)cc(N)c1O. The highest BCUT2D eigenvalue weighted by Crippen LogP contribution is 2.58. The van der Waals surface area contributed by atoms with Crippen LogP contribution >= 0.6 is 0 Å². The summed E-state index contributed by atoms with van der Waals surface area (Å²) in [6.07, 6.45) is 5.90. The minimum Gasteiger partial charge on any atom is -0.506 e. The Hall–Kier alpha value is -3.92. The van der Waals surface area contributed by atoms with Crippen molar-refractivity contribution in [2.24, 2.45) is 0 Å². The number of nitrogen functional groups attached to an aromatic ring is 2. The molecule has 0 saturated heterocycles. The molecule has 4 rings (SSSR count). The zero-order valence-corrected chi connectivity index (χ0v) is 20.0. The van der Waals surface area contributed by atoms with E-state index in [0.29, 0.717) is 16.9 Å². The fraction of sp³-hybridized carbons (Fsp3) is 0.200. The molecule has 4 heteroatoms. The summed E-state index contributed by atoms with van der Waals surface area (Å²) in [7, 11) is 0. The van der Waals surface area contributed by atoms with E-state index in [9.17, 15) is 10.2 Å². The lowest BCUT2D eigenvalue weighted by molar-refractivity contribution is 0.424.